The van der Waals surface area contributed by atoms with E-state index in [1.54, 1.807) is 18.2 Å². The highest BCUT2D eigenvalue weighted by atomic mass is 16.3. The van der Waals surface area contributed by atoms with E-state index in [1.807, 2.05) is 36.4 Å². The summed E-state index contributed by atoms with van der Waals surface area (Å²) in [6.45, 7) is 0. The van der Waals surface area contributed by atoms with Gasteiger partial charge in [-0.15, -0.1) is 0 Å². The van der Waals surface area contributed by atoms with E-state index >= 15 is 0 Å². The molecule has 0 unspecified atom stereocenters. The zero-order chi connectivity index (χ0) is 17.2. The molecule has 4 rings (SSSR count). The number of carbonyl (C=O) groups excluding carboxylic acids is 1. The summed E-state index contributed by atoms with van der Waals surface area (Å²) in [7, 11) is 0. The first-order chi connectivity index (χ1) is 12.2. The first kappa shape index (κ1) is 15.3. The molecule has 1 amide bonds. The van der Waals surface area contributed by atoms with Crippen LogP contribution >= 0.6 is 0 Å². The number of nitrogens with one attached hydrogen (secondary N) is 2. The Morgan fingerprint density at radius 3 is 2.52 bits per heavy atom. The van der Waals surface area contributed by atoms with E-state index in [1.165, 1.54) is 11.6 Å². The van der Waals surface area contributed by atoms with Crippen LogP contribution in [0.1, 0.15) is 27.5 Å². The second-order valence-corrected chi connectivity index (χ2v) is 6.12. The number of phenols is 1. The summed E-state index contributed by atoms with van der Waals surface area (Å²) in [5.74, 6) is -0.343. The fourth-order valence-corrected chi connectivity index (χ4v) is 3.26. The van der Waals surface area contributed by atoms with Crippen LogP contribution < -0.4 is 10.6 Å². The molecule has 0 saturated heterocycles. The SMILES string of the molecule is O=C(Nc1ccccc1[C@@H]1Cc2ccccc2N1)c1ccccc1O. The minimum absolute atomic E-state index is 0.0242. The van der Waals surface area contributed by atoms with Crippen LogP contribution in [0.4, 0.5) is 11.4 Å². The van der Waals surface area contributed by atoms with E-state index < -0.39 is 0 Å². The molecular formula is C21H18N2O2. The van der Waals surface area contributed by atoms with Crippen LogP contribution in [0.5, 0.6) is 5.75 Å². The first-order valence-electron chi connectivity index (χ1n) is 8.25. The van der Waals surface area contributed by atoms with Gasteiger partial charge in [0, 0.05) is 11.4 Å². The lowest BCUT2D eigenvalue weighted by atomic mass is 10.0. The molecule has 0 spiro atoms. The zero-order valence-corrected chi connectivity index (χ0v) is 13.6. The Morgan fingerprint density at radius 2 is 1.68 bits per heavy atom. The standard InChI is InChI=1S/C21H18N2O2/c24-20-12-6-3-9-16(20)21(25)23-18-11-5-2-8-15(18)19-13-14-7-1-4-10-17(14)22-19/h1-12,19,22,24H,13H2,(H,23,25)/t19-/m0/s1. The maximum Gasteiger partial charge on any atom is 0.259 e. The van der Waals surface area contributed by atoms with Crippen LogP contribution in [0.2, 0.25) is 0 Å². The molecule has 0 saturated carbocycles. The number of aromatic hydroxyl groups is 1. The van der Waals surface area contributed by atoms with E-state index in [2.05, 4.69) is 22.8 Å². The smallest absolute Gasteiger partial charge is 0.259 e. The second kappa shape index (κ2) is 6.32. The number of para-hydroxylation sites is 3. The lowest BCUT2D eigenvalue weighted by Crippen LogP contribution is -2.16. The van der Waals surface area contributed by atoms with Crippen molar-refractivity contribution in [2.45, 2.75) is 12.5 Å². The first-order valence-corrected chi connectivity index (χ1v) is 8.25. The second-order valence-electron chi connectivity index (χ2n) is 6.12. The number of anilines is 2. The fraction of sp³-hybridized carbons (Fsp3) is 0.0952. The maximum absolute atomic E-state index is 12.5. The van der Waals surface area contributed by atoms with Gasteiger partial charge in [-0.2, -0.15) is 0 Å². The highest BCUT2D eigenvalue weighted by Gasteiger charge is 2.24. The quantitative estimate of drug-likeness (QED) is 0.669. The van der Waals surface area contributed by atoms with Gasteiger partial charge in [0.05, 0.1) is 11.6 Å². The van der Waals surface area contributed by atoms with Crippen molar-refractivity contribution in [3.63, 3.8) is 0 Å². The highest BCUT2D eigenvalue weighted by Crippen LogP contribution is 2.36. The summed E-state index contributed by atoms with van der Waals surface area (Å²) in [6.07, 6.45) is 0.875. The third kappa shape index (κ3) is 2.94. The van der Waals surface area contributed by atoms with Gasteiger partial charge >= 0.3 is 0 Å². The number of benzene rings is 3. The van der Waals surface area contributed by atoms with Crippen LogP contribution in [0.15, 0.2) is 72.8 Å². The summed E-state index contributed by atoms with van der Waals surface area (Å²) in [6, 6.07) is 22.7. The van der Waals surface area contributed by atoms with Crippen LogP contribution in [-0.2, 0) is 6.42 Å². The average Bonchev–Trinajstić information content (AvgIpc) is 3.06. The topological polar surface area (TPSA) is 61.4 Å². The molecule has 25 heavy (non-hydrogen) atoms. The van der Waals surface area contributed by atoms with Gasteiger partial charge in [0.1, 0.15) is 5.75 Å². The maximum atomic E-state index is 12.5. The number of amides is 1. The molecule has 3 aromatic carbocycles. The Balaban J connectivity index is 1.60. The van der Waals surface area contributed by atoms with Crippen LogP contribution in [-0.4, -0.2) is 11.0 Å². The van der Waals surface area contributed by atoms with Crippen molar-refractivity contribution >= 4 is 17.3 Å². The summed E-state index contributed by atoms with van der Waals surface area (Å²) >= 11 is 0. The van der Waals surface area contributed by atoms with Gasteiger partial charge in [0.2, 0.25) is 0 Å². The minimum Gasteiger partial charge on any atom is -0.507 e. The summed E-state index contributed by atoms with van der Waals surface area (Å²) in [5.41, 5.74) is 4.45. The Hall–Kier alpha value is -3.27. The zero-order valence-electron chi connectivity index (χ0n) is 13.6. The lowest BCUT2D eigenvalue weighted by Gasteiger charge is -2.17. The van der Waals surface area contributed by atoms with Crippen molar-refractivity contribution in [1.29, 1.82) is 0 Å². The molecule has 0 bridgehead atoms. The third-order valence-electron chi connectivity index (χ3n) is 4.50. The van der Waals surface area contributed by atoms with Gasteiger partial charge < -0.3 is 15.7 Å². The Labute approximate surface area is 146 Å². The number of carbonyl (C=O) groups is 1. The van der Waals surface area contributed by atoms with Crippen LogP contribution in [0.25, 0.3) is 0 Å². The molecule has 0 fully saturated rings. The van der Waals surface area contributed by atoms with Crippen molar-refractivity contribution < 1.29 is 9.90 Å². The van der Waals surface area contributed by atoms with E-state index in [0.29, 0.717) is 0 Å². The highest BCUT2D eigenvalue weighted by molar-refractivity contribution is 6.06. The summed E-state index contributed by atoms with van der Waals surface area (Å²) < 4.78 is 0. The molecule has 1 aliphatic rings. The molecule has 4 heteroatoms. The largest absolute Gasteiger partial charge is 0.507 e. The Bertz CT molecular complexity index is 911. The average molecular weight is 330 g/mol. The predicted octanol–water partition coefficient (Wildman–Crippen LogP) is 4.35. The van der Waals surface area contributed by atoms with Gasteiger partial charge in [-0.1, -0.05) is 48.5 Å². The lowest BCUT2D eigenvalue weighted by molar-refractivity contribution is 0.102. The Morgan fingerprint density at radius 1 is 0.960 bits per heavy atom. The molecule has 1 atom stereocenters. The van der Waals surface area contributed by atoms with Gasteiger partial charge in [0.25, 0.3) is 5.91 Å². The van der Waals surface area contributed by atoms with E-state index in [0.717, 1.165) is 23.4 Å². The van der Waals surface area contributed by atoms with Crippen molar-refractivity contribution in [1.82, 2.24) is 0 Å². The number of phenolic OH excluding ortho intramolecular Hbond substituents is 1. The number of hydrogen-bond acceptors (Lipinski definition) is 3. The number of fused-ring (bicyclic) bond motifs is 1. The van der Waals surface area contributed by atoms with Crippen molar-refractivity contribution in [3.8, 4) is 5.75 Å². The van der Waals surface area contributed by atoms with Crippen LogP contribution in [0.3, 0.4) is 0 Å². The third-order valence-corrected chi connectivity index (χ3v) is 4.50. The van der Waals surface area contributed by atoms with Crippen molar-refractivity contribution in [2.24, 2.45) is 0 Å². The van der Waals surface area contributed by atoms with E-state index in [4.69, 9.17) is 0 Å². The van der Waals surface area contributed by atoms with Crippen molar-refractivity contribution in [3.05, 3.63) is 89.5 Å². The molecule has 1 heterocycles. The van der Waals surface area contributed by atoms with Crippen LogP contribution in [0, 0.1) is 0 Å². The molecule has 3 N–H and O–H groups in total. The summed E-state index contributed by atoms with van der Waals surface area (Å²) in [4.78, 5) is 12.5. The molecule has 124 valence electrons. The number of hydrogen-bond donors (Lipinski definition) is 3. The van der Waals surface area contributed by atoms with Gasteiger partial charge in [0.15, 0.2) is 0 Å². The molecule has 1 aliphatic heterocycles. The molecular weight excluding hydrogens is 312 g/mol. The molecule has 0 aromatic heterocycles. The van der Waals surface area contributed by atoms with Crippen molar-refractivity contribution in [2.75, 3.05) is 10.6 Å². The van der Waals surface area contributed by atoms with E-state index in [-0.39, 0.29) is 23.3 Å². The Kier molecular flexibility index (Phi) is 3.86. The van der Waals surface area contributed by atoms with Gasteiger partial charge in [-0.3, -0.25) is 4.79 Å². The molecule has 0 aliphatic carbocycles. The summed E-state index contributed by atoms with van der Waals surface area (Å²) in [5, 5.41) is 16.3. The molecule has 4 nitrogen and oxygen atoms in total. The predicted molar refractivity (Wildman–Crippen MR) is 99.0 cm³/mol. The molecule has 3 aromatic rings. The minimum atomic E-state index is -0.318. The van der Waals surface area contributed by atoms with E-state index in [9.17, 15) is 9.90 Å². The van der Waals surface area contributed by atoms with Gasteiger partial charge in [-0.25, -0.2) is 0 Å². The number of rotatable bonds is 3. The fourth-order valence-electron chi connectivity index (χ4n) is 3.26. The monoisotopic (exact) mass is 330 g/mol. The molecule has 0 radical (unpaired) electrons. The normalized spacial score (nSPS) is 15.3. The van der Waals surface area contributed by atoms with Gasteiger partial charge in [-0.05, 0) is 41.8 Å².